The number of hydrogen-bond donors (Lipinski definition) is 2. The van der Waals surface area contributed by atoms with Crippen LogP contribution >= 0.6 is 11.8 Å². The first-order valence-corrected chi connectivity index (χ1v) is 8.26. The third-order valence-corrected chi connectivity index (χ3v) is 4.09. The van der Waals surface area contributed by atoms with Gasteiger partial charge in [-0.3, -0.25) is 4.79 Å². The molecule has 1 aliphatic heterocycles. The van der Waals surface area contributed by atoms with E-state index < -0.39 is 0 Å². The van der Waals surface area contributed by atoms with Gasteiger partial charge in [-0.15, -0.1) is 0 Å². The van der Waals surface area contributed by atoms with Crippen LogP contribution in [0.2, 0.25) is 0 Å². The predicted octanol–water partition coefficient (Wildman–Crippen LogP) is 2.44. The van der Waals surface area contributed by atoms with Gasteiger partial charge in [-0.25, -0.2) is 0 Å². The largest absolute Gasteiger partial charge is 0.352 e. The molecule has 2 rings (SSSR count). The van der Waals surface area contributed by atoms with Crippen LogP contribution in [0.15, 0.2) is 18.2 Å². The Morgan fingerprint density at radius 1 is 1.32 bits per heavy atom. The maximum atomic E-state index is 11.7. The topological polar surface area (TPSA) is 41.1 Å². The third kappa shape index (κ3) is 4.55. The fraction of sp³-hybridized carbons (Fsp3) is 0.533. The number of unbranched alkanes of at least 4 members (excludes halogenated alkanes) is 1. The Bertz CT molecular complexity index is 434. The van der Waals surface area contributed by atoms with E-state index in [1.54, 1.807) is 0 Å². The molecule has 104 valence electrons. The van der Waals surface area contributed by atoms with E-state index in [-0.39, 0.29) is 5.91 Å². The van der Waals surface area contributed by atoms with Crippen molar-refractivity contribution in [1.82, 2.24) is 10.6 Å². The van der Waals surface area contributed by atoms with Crippen LogP contribution in [0.3, 0.4) is 0 Å². The molecule has 0 saturated carbocycles. The number of carbonyl (C=O) groups is 1. The van der Waals surface area contributed by atoms with E-state index in [2.05, 4.69) is 35.1 Å². The zero-order valence-corrected chi connectivity index (χ0v) is 12.3. The number of rotatable bonds is 7. The minimum atomic E-state index is 0.166. The van der Waals surface area contributed by atoms with E-state index in [0.29, 0.717) is 13.0 Å². The molecule has 0 radical (unpaired) electrons. The molecule has 1 aromatic rings. The van der Waals surface area contributed by atoms with E-state index in [1.807, 2.05) is 11.8 Å². The smallest absolute Gasteiger partial charge is 0.220 e. The predicted molar refractivity (Wildman–Crippen MR) is 81.1 cm³/mol. The first-order chi connectivity index (χ1) is 9.29. The molecule has 1 amide bonds. The summed E-state index contributed by atoms with van der Waals surface area (Å²) in [6.07, 6.45) is 4.86. The van der Waals surface area contributed by atoms with Gasteiger partial charge in [0.2, 0.25) is 5.91 Å². The fourth-order valence-electron chi connectivity index (χ4n) is 2.28. The van der Waals surface area contributed by atoms with Crippen LogP contribution < -0.4 is 10.6 Å². The van der Waals surface area contributed by atoms with E-state index in [1.165, 1.54) is 16.7 Å². The summed E-state index contributed by atoms with van der Waals surface area (Å²) in [7, 11) is 0. The number of hydrogen-bond acceptors (Lipinski definition) is 3. The molecule has 0 spiro atoms. The lowest BCUT2D eigenvalue weighted by Gasteiger charge is -2.07. The molecule has 2 N–H and O–H groups in total. The molecule has 0 bridgehead atoms. The molecule has 19 heavy (non-hydrogen) atoms. The number of benzene rings is 1. The summed E-state index contributed by atoms with van der Waals surface area (Å²) in [4.78, 5) is 11.7. The van der Waals surface area contributed by atoms with Crippen molar-refractivity contribution in [2.75, 3.05) is 12.0 Å². The van der Waals surface area contributed by atoms with Crippen molar-refractivity contribution in [3.8, 4) is 0 Å². The Hall–Kier alpha value is -1.00. The summed E-state index contributed by atoms with van der Waals surface area (Å²) in [6.45, 7) is 2.57. The molecule has 1 heterocycles. The summed E-state index contributed by atoms with van der Waals surface area (Å²) in [5, 5.41) is 6.33. The Kier molecular flexibility index (Phi) is 5.73. The van der Waals surface area contributed by atoms with Crippen LogP contribution in [-0.2, 0) is 24.4 Å². The second-order valence-electron chi connectivity index (χ2n) is 4.93. The van der Waals surface area contributed by atoms with Crippen molar-refractivity contribution in [3.63, 3.8) is 0 Å². The minimum Gasteiger partial charge on any atom is -0.352 e. The quantitative estimate of drug-likeness (QED) is 0.753. The molecule has 0 aromatic heterocycles. The normalized spacial score (nSPS) is 13.3. The Morgan fingerprint density at radius 2 is 2.16 bits per heavy atom. The van der Waals surface area contributed by atoms with Crippen LogP contribution in [0.25, 0.3) is 0 Å². The zero-order chi connectivity index (χ0) is 13.5. The second-order valence-corrected chi connectivity index (χ2v) is 5.92. The second kappa shape index (κ2) is 7.56. The highest BCUT2D eigenvalue weighted by atomic mass is 32.2. The number of carbonyl (C=O) groups excluding carboxylic acids is 1. The van der Waals surface area contributed by atoms with Gasteiger partial charge in [0.25, 0.3) is 0 Å². The summed E-state index contributed by atoms with van der Waals surface area (Å²) in [6, 6.07) is 6.47. The zero-order valence-electron chi connectivity index (χ0n) is 11.5. The number of amides is 1. The SMILES string of the molecule is CSCCCCC(=O)NCc1ccc2c(c1)CNC2. The average molecular weight is 278 g/mol. The lowest BCUT2D eigenvalue weighted by molar-refractivity contribution is -0.121. The number of fused-ring (bicyclic) bond motifs is 1. The standard InChI is InChI=1S/C15H22N2OS/c1-19-7-3-2-4-15(18)17-9-12-5-6-13-10-16-11-14(13)8-12/h5-6,8,16H,2-4,7,9-11H2,1H3,(H,17,18). The highest BCUT2D eigenvalue weighted by Gasteiger charge is 2.10. The number of nitrogens with one attached hydrogen (secondary N) is 2. The molecule has 1 aromatic carbocycles. The monoisotopic (exact) mass is 278 g/mol. The lowest BCUT2D eigenvalue weighted by Crippen LogP contribution is -2.22. The molecule has 0 unspecified atom stereocenters. The highest BCUT2D eigenvalue weighted by molar-refractivity contribution is 7.98. The Morgan fingerprint density at radius 3 is 3.00 bits per heavy atom. The molecule has 1 aliphatic rings. The van der Waals surface area contributed by atoms with Crippen molar-refractivity contribution < 1.29 is 4.79 Å². The molecular weight excluding hydrogens is 256 g/mol. The first kappa shape index (κ1) is 14.4. The van der Waals surface area contributed by atoms with Gasteiger partial charge < -0.3 is 10.6 Å². The van der Waals surface area contributed by atoms with Crippen LogP contribution in [0.5, 0.6) is 0 Å². The molecule has 0 atom stereocenters. The van der Waals surface area contributed by atoms with Crippen LogP contribution in [0, 0.1) is 0 Å². The average Bonchev–Trinajstić information content (AvgIpc) is 2.89. The molecule has 0 fully saturated rings. The summed E-state index contributed by atoms with van der Waals surface area (Å²) < 4.78 is 0. The van der Waals surface area contributed by atoms with Crippen molar-refractivity contribution in [2.24, 2.45) is 0 Å². The van der Waals surface area contributed by atoms with Crippen molar-refractivity contribution in [3.05, 3.63) is 34.9 Å². The summed E-state index contributed by atoms with van der Waals surface area (Å²) >= 11 is 1.84. The molecule has 4 heteroatoms. The van der Waals surface area contributed by atoms with Crippen LogP contribution in [0.1, 0.15) is 36.0 Å². The van der Waals surface area contributed by atoms with Gasteiger partial charge in [-0.2, -0.15) is 11.8 Å². The van der Waals surface area contributed by atoms with Crippen LogP contribution in [-0.4, -0.2) is 17.9 Å². The Labute approximate surface area is 119 Å². The van der Waals surface area contributed by atoms with E-state index in [0.717, 1.165) is 31.7 Å². The van der Waals surface area contributed by atoms with Gasteiger partial charge in [-0.1, -0.05) is 18.2 Å². The summed E-state index contributed by atoms with van der Waals surface area (Å²) in [5.41, 5.74) is 3.94. The molecule has 3 nitrogen and oxygen atoms in total. The molecule has 0 aliphatic carbocycles. The third-order valence-electron chi connectivity index (χ3n) is 3.39. The fourth-order valence-corrected chi connectivity index (χ4v) is 2.77. The van der Waals surface area contributed by atoms with E-state index >= 15 is 0 Å². The van der Waals surface area contributed by atoms with E-state index in [9.17, 15) is 4.79 Å². The molecular formula is C15H22N2OS. The lowest BCUT2D eigenvalue weighted by atomic mass is 10.1. The van der Waals surface area contributed by atoms with Crippen molar-refractivity contribution >= 4 is 17.7 Å². The van der Waals surface area contributed by atoms with Crippen LogP contribution in [0.4, 0.5) is 0 Å². The first-order valence-electron chi connectivity index (χ1n) is 6.86. The van der Waals surface area contributed by atoms with Crippen molar-refractivity contribution in [1.29, 1.82) is 0 Å². The molecule has 0 saturated heterocycles. The highest BCUT2D eigenvalue weighted by Crippen LogP contribution is 2.16. The van der Waals surface area contributed by atoms with Gasteiger partial charge in [0.15, 0.2) is 0 Å². The Balaban J connectivity index is 1.71. The van der Waals surface area contributed by atoms with E-state index in [4.69, 9.17) is 0 Å². The van der Waals surface area contributed by atoms with Crippen molar-refractivity contribution in [2.45, 2.75) is 38.9 Å². The van der Waals surface area contributed by atoms with Gasteiger partial charge in [0.05, 0.1) is 0 Å². The summed E-state index contributed by atoms with van der Waals surface area (Å²) in [5.74, 6) is 1.31. The maximum absolute atomic E-state index is 11.7. The number of thioether (sulfide) groups is 1. The van der Waals surface area contributed by atoms with Gasteiger partial charge in [0.1, 0.15) is 0 Å². The maximum Gasteiger partial charge on any atom is 0.220 e. The van der Waals surface area contributed by atoms with Gasteiger partial charge >= 0.3 is 0 Å². The minimum absolute atomic E-state index is 0.166. The van der Waals surface area contributed by atoms with Gasteiger partial charge in [0, 0.05) is 26.1 Å². The van der Waals surface area contributed by atoms with Gasteiger partial charge in [-0.05, 0) is 41.5 Å².